The number of carboxylic acids is 1. The SMILES string of the molecule is O=C(O)C1CN(C(=O)c2cc(Cl)cc([N+](=O)[O-])c2)C1. The summed E-state index contributed by atoms with van der Waals surface area (Å²) in [5.74, 6) is -1.98. The number of carbonyl (C=O) groups excluding carboxylic acids is 1. The van der Waals surface area contributed by atoms with Crippen molar-refractivity contribution in [2.24, 2.45) is 5.92 Å². The van der Waals surface area contributed by atoms with Crippen LogP contribution in [0.15, 0.2) is 18.2 Å². The van der Waals surface area contributed by atoms with Gasteiger partial charge in [-0.25, -0.2) is 0 Å². The Morgan fingerprint density at radius 1 is 1.37 bits per heavy atom. The molecule has 8 heteroatoms. The molecule has 0 radical (unpaired) electrons. The number of benzene rings is 1. The van der Waals surface area contributed by atoms with Crippen molar-refractivity contribution in [2.45, 2.75) is 0 Å². The number of amides is 1. The summed E-state index contributed by atoms with van der Waals surface area (Å²) in [6.45, 7) is 0.211. The molecule has 1 amide bonds. The lowest BCUT2D eigenvalue weighted by molar-refractivity contribution is -0.384. The van der Waals surface area contributed by atoms with E-state index in [1.807, 2.05) is 0 Å². The first kappa shape index (κ1) is 13.3. The van der Waals surface area contributed by atoms with E-state index in [9.17, 15) is 19.7 Å². The van der Waals surface area contributed by atoms with Gasteiger partial charge in [-0.05, 0) is 6.07 Å². The molecule has 0 saturated carbocycles. The second-order valence-electron chi connectivity index (χ2n) is 4.20. The molecule has 100 valence electrons. The third-order valence-electron chi connectivity index (χ3n) is 2.86. The van der Waals surface area contributed by atoms with Crippen molar-refractivity contribution in [3.8, 4) is 0 Å². The van der Waals surface area contributed by atoms with Crippen LogP contribution in [0.25, 0.3) is 0 Å². The minimum Gasteiger partial charge on any atom is -0.481 e. The number of carboxylic acid groups (broad SMARTS) is 1. The van der Waals surface area contributed by atoms with Gasteiger partial charge in [0.05, 0.1) is 10.8 Å². The molecule has 0 unspecified atom stereocenters. The Kier molecular flexibility index (Phi) is 3.39. The molecule has 0 aliphatic carbocycles. The molecule has 1 aromatic carbocycles. The van der Waals surface area contributed by atoms with Crippen molar-refractivity contribution >= 4 is 29.2 Å². The van der Waals surface area contributed by atoms with Gasteiger partial charge in [-0.2, -0.15) is 0 Å². The summed E-state index contributed by atoms with van der Waals surface area (Å²) in [6.07, 6.45) is 0. The van der Waals surface area contributed by atoms with Gasteiger partial charge < -0.3 is 10.0 Å². The number of halogens is 1. The summed E-state index contributed by atoms with van der Waals surface area (Å²) in [4.78, 5) is 33.9. The molecule has 0 spiro atoms. The van der Waals surface area contributed by atoms with Crippen molar-refractivity contribution in [2.75, 3.05) is 13.1 Å². The van der Waals surface area contributed by atoms with Gasteiger partial charge in [0.15, 0.2) is 0 Å². The minimum atomic E-state index is -0.957. The van der Waals surface area contributed by atoms with Gasteiger partial charge in [0.2, 0.25) is 0 Å². The van der Waals surface area contributed by atoms with Crippen LogP contribution in [0.1, 0.15) is 10.4 Å². The maximum Gasteiger partial charge on any atom is 0.310 e. The number of rotatable bonds is 3. The van der Waals surface area contributed by atoms with Crippen LogP contribution >= 0.6 is 11.6 Å². The monoisotopic (exact) mass is 284 g/mol. The van der Waals surface area contributed by atoms with E-state index in [2.05, 4.69) is 0 Å². The highest BCUT2D eigenvalue weighted by Gasteiger charge is 2.36. The highest BCUT2D eigenvalue weighted by Crippen LogP contribution is 2.24. The number of likely N-dealkylation sites (tertiary alicyclic amines) is 1. The van der Waals surface area contributed by atoms with Gasteiger partial charge in [-0.1, -0.05) is 11.6 Å². The topological polar surface area (TPSA) is 101 Å². The molecule has 0 atom stereocenters. The second kappa shape index (κ2) is 4.85. The summed E-state index contributed by atoms with van der Waals surface area (Å²) < 4.78 is 0. The molecular formula is C11H9ClN2O5. The molecule has 1 saturated heterocycles. The molecule has 0 bridgehead atoms. The standard InChI is InChI=1S/C11H9ClN2O5/c12-8-1-6(2-9(3-8)14(18)19)10(15)13-4-7(5-13)11(16)17/h1-3,7H,4-5H2,(H,16,17). The van der Waals surface area contributed by atoms with Crippen LogP contribution < -0.4 is 0 Å². The number of carbonyl (C=O) groups is 2. The van der Waals surface area contributed by atoms with Gasteiger partial charge in [0.1, 0.15) is 0 Å². The number of nitro benzene ring substituents is 1. The van der Waals surface area contributed by atoms with Gasteiger partial charge in [-0.3, -0.25) is 19.7 Å². The molecule has 0 aromatic heterocycles. The number of hydrogen-bond donors (Lipinski definition) is 1. The molecule has 7 nitrogen and oxygen atoms in total. The molecule has 1 fully saturated rings. The van der Waals surface area contributed by atoms with Crippen molar-refractivity contribution in [1.82, 2.24) is 4.90 Å². The van der Waals surface area contributed by atoms with Crippen LogP contribution in [0.3, 0.4) is 0 Å². The Morgan fingerprint density at radius 2 is 2.00 bits per heavy atom. The summed E-state index contributed by atoms with van der Waals surface area (Å²) >= 11 is 5.71. The van der Waals surface area contributed by atoms with Crippen molar-refractivity contribution in [3.63, 3.8) is 0 Å². The first-order valence-corrected chi connectivity index (χ1v) is 5.73. The fraction of sp³-hybridized carbons (Fsp3) is 0.273. The first-order chi connectivity index (χ1) is 8.88. The number of nitrogens with zero attached hydrogens (tertiary/aromatic N) is 2. The maximum atomic E-state index is 12.0. The van der Waals surface area contributed by atoms with Crippen molar-refractivity contribution in [1.29, 1.82) is 0 Å². The van der Waals surface area contributed by atoms with E-state index in [0.29, 0.717) is 0 Å². The third kappa shape index (κ3) is 2.65. The molecule has 1 N–H and O–H groups in total. The van der Waals surface area contributed by atoms with Crippen LogP contribution in [0.5, 0.6) is 0 Å². The second-order valence-corrected chi connectivity index (χ2v) is 4.64. The molecule has 1 aliphatic rings. The van der Waals surface area contributed by atoms with Gasteiger partial charge >= 0.3 is 5.97 Å². The lowest BCUT2D eigenvalue weighted by atomic mass is 9.99. The summed E-state index contributed by atoms with van der Waals surface area (Å²) in [7, 11) is 0. The van der Waals surface area contributed by atoms with E-state index in [1.165, 1.54) is 11.0 Å². The number of nitro groups is 1. The Labute approximate surface area is 112 Å². The largest absolute Gasteiger partial charge is 0.481 e. The Bertz CT molecular complexity index is 568. The van der Waals surface area contributed by atoms with Crippen molar-refractivity contribution < 1.29 is 19.6 Å². The quantitative estimate of drug-likeness (QED) is 0.668. The van der Waals surface area contributed by atoms with Crippen LogP contribution in [-0.4, -0.2) is 39.9 Å². The average Bonchev–Trinajstić information content (AvgIpc) is 2.25. The minimum absolute atomic E-state index is 0.0861. The highest BCUT2D eigenvalue weighted by atomic mass is 35.5. The van der Waals surface area contributed by atoms with E-state index in [1.54, 1.807) is 0 Å². The van der Waals surface area contributed by atoms with Gasteiger partial charge in [0.25, 0.3) is 11.6 Å². The smallest absolute Gasteiger partial charge is 0.310 e. The lowest BCUT2D eigenvalue weighted by Crippen LogP contribution is -2.53. The average molecular weight is 285 g/mol. The number of non-ortho nitro benzene ring substituents is 1. The van der Waals surface area contributed by atoms with E-state index in [4.69, 9.17) is 16.7 Å². The predicted octanol–water partition coefficient (Wildman–Crippen LogP) is 1.40. The fourth-order valence-corrected chi connectivity index (χ4v) is 2.02. The first-order valence-electron chi connectivity index (χ1n) is 5.35. The normalized spacial score (nSPS) is 14.9. The molecule has 1 aliphatic heterocycles. The van der Waals surface area contributed by atoms with Gasteiger partial charge in [0, 0.05) is 35.8 Å². The van der Waals surface area contributed by atoms with Gasteiger partial charge in [-0.15, -0.1) is 0 Å². The van der Waals surface area contributed by atoms with Crippen LogP contribution in [0, 0.1) is 16.0 Å². The predicted molar refractivity (Wildman–Crippen MR) is 65.1 cm³/mol. The zero-order valence-electron chi connectivity index (χ0n) is 9.58. The molecule has 19 heavy (non-hydrogen) atoms. The Hall–Kier alpha value is -2.15. The van der Waals surface area contributed by atoms with E-state index < -0.39 is 22.7 Å². The Balaban J connectivity index is 2.16. The Morgan fingerprint density at radius 3 is 2.53 bits per heavy atom. The number of aliphatic carboxylic acids is 1. The third-order valence-corrected chi connectivity index (χ3v) is 3.08. The summed E-state index contributed by atoms with van der Waals surface area (Å²) in [5, 5.41) is 19.5. The fourth-order valence-electron chi connectivity index (χ4n) is 1.79. The summed E-state index contributed by atoms with van der Waals surface area (Å²) in [5.41, 5.74) is -0.186. The van der Waals surface area contributed by atoms with Crippen LogP contribution in [0.4, 0.5) is 5.69 Å². The zero-order chi connectivity index (χ0) is 14.2. The highest BCUT2D eigenvalue weighted by molar-refractivity contribution is 6.31. The summed E-state index contributed by atoms with van der Waals surface area (Å²) in [6, 6.07) is 3.60. The van der Waals surface area contributed by atoms with Crippen LogP contribution in [-0.2, 0) is 4.79 Å². The van der Waals surface area contributed by atoms with Crippen LogP contribution in [0.2, 0.25) is 5.02 Å². The van der Waals surface area contributed by atoms with E-state index >= 15 is 0 Å². The van der Waals surface area contributed by atoms with E-state index in [0.717, 1.165) is 12.1 Å². The number of hydrogen-bond acceptors (Lipinski definition) is 4. The molecule has 1 aromatic rings. The van der Waals surface area contributed by atoms with E-state index in [-0.39, 0.29) is 29.4 Å². The molecule has 2 rings (SSSR count). The van der Waals surface area contributed by atoms with Crippen molar-refractivity contribution in [3.05, 3.63) is 38.9 Å². The zero-order valence-corrected chi connectivity index (χ0v) is 10.3. The lowest BCUT2D eigenvalue weighted by Gasteiger charge is -2.36. The molecule has 1 heterocycles. The molecular weight excluding hydrogens is 276 g/mol. The maximum absolute atomic E-state index is 12.0.